The molecule has 2 N–H and O–H groups in total. The smallest absolute Gasteiger partial charge is 0.325 e. The van der Waals surface area contributed by atoms with Crippen molar-refractivity contribution in [2.24, 2.45) is 5.92 Å². The van der Waals surface area contributed by atoms with E-state index in [1.165, 1.54) is 0 Å². The molecule has 0 aromatic carbocycles. The molecular formula is C11H20N2O3. The maximum atomic E-state index is 11.7. The number of piperidine rings is 1. The summed E-state index contributed by atoms with van der Waals surface area (Å²) in [4.78, 5) is 22.8. The van der Waals surface area contributed by atoms with E-state index in [2.05, 4.69) is 17.6 Å². The second-order valence-electron chi connectivity index (χ2n) is 4.10. The summed E-state index contributed by atoms with van der Waals surface area (Å²) in [7, 11) is 0. The van der Waals surface area contributed by atoms with Gasteiger partial charge >= 0.3 is 5.97 Å². The Morgan fingerprint density at radius 2 is 2.25 bits per heavy atom. The third-order valence-corrected chi connectivity index (χ3v) is 2.71. The maximum absolute atomic E-state index is 11.7. The molecule has 1 fully saturated rings. The Hall–Kier alpha value is -1.10. The highest BCUT2D eigenvalue weighted by Crippen LogP contribution is 2.15. The number of carbonyl (C=O) groups is 2. The van der Waals surface area contributed by atoms with E-state index in [0.717, 1.165) is 19.4 Å². The van der Waals surface area contributed by atoms with E-state index >= 15 is 0 Å². The van der Waals surface area contributed by atoms with Gasteiger partial charge in [-0.25, -0.2) is 0 Å². The van der Waals surface area contributed by atoms with Crippen molar-refractivity contribution in [1.29, 1.82) is 0 Å². The lowest BCUT2D eigenvalue weighted by molar-refractivity contribution is -0.144. The molecule has 1 aliphatic rings. The lowest BCUT2D eigenvalue weighted by Crippen LogP contribution is -2.43. The first-order chi connectivity index (χ1) is 7.63. The molecule has 16 heavy (non-hydrogen) atoms. The van der Waals surface area contributed by atoms with E-state index in [4.69, 9.17) is 4.74 Å². The molecule has 0 bridgehead atoms. The summed E-state index contributed by atoms with van der Waals surface area (Å²) in [5.74, 6) is -0.398. The van der Waals surface area contributed by atoms with Crippen molar-refractivity contribution in [1.82, 2.24) is 10.6 Å². The molecule has 2 atom stereocenters. The van der Waals surface area contributed by atoms with Crippen LogP contribution in [0.1, 0.15) is 26.7 Å². The van der Waals surface area contributed by atoms with Crippen molar-refractivity contribution in [3.8, 4) is 0 Å². The largest absolute Gasteiger partial charge is 0.465 e. The fraction of sp³-hybridized carbons (Fsp3) is 0.818. The quantitative estimate of drug-likeness (QED) is 0.667. The van der Waals surface area contributed by atoms with Gasteiger partial charge in [-0.05, 0) is 33.2 Å². The topological polar surface area (TPSA) is 67.4 Å². The van der Waals surface area contributed by atoms with E-state index in [1.807, 2.05) is 0 Å². The summed E-state index contributed by atoms with van der Waals surface area (Å²) in [6.07, 6.45) is 1.66. The molecule has 0 radical (unpaired) electrons. The van der Waals surface area contributed by atoms with Crippen molar-refractivity contribution in [3.63, 3.8) is 0 Å². The molecule has 0 saturated carbocycles. The zero-order chi connectivity index (χ0) is 12.0. The minimum Gasteiger partial charge on any atom is -0.465 e. The Morgan fingerprint density at radius 3 is 2.88 bits per heavy atom. The Morgan fingerprint density at radius 1 is 1.50 bits per heavy atom. The molecule has 0 spiro atoms. The van der Waals surface area contributed by atoms with Crippen molar-refractivity contribution >= 4 is 11.9 Å². The molecular weight excluding hydrogens is 208 g/mol. The third kappa shape index (κ3) is 4.18. The first kappa shape index (κ1) is 13.0. The zero-order valence-electron chi connectivity index (χ0n) is 9.91. The summed E-state index contributed by atoms with van der Waals surface area (Å²) in [6.45, 7) is 4.99. The summed E-state index contributed by atoms with van der Waals surface area (Å²) >= 11 is 0. The first-order valence-corrected chi connectivity index (χ1v) is 5.80. The van der Waals surface area contributed by atoms with Crippen LogP contribution in [0.4, 0.5) is 0 Å². The van der Waals surface area contributed by atoms with E-state index in [1.54, 1.807) is 6.92 Å². The van der Waals surface area contributed by atoms with Gasteiger partial charge in [-0.15, -0.1) is 0 Å². The van der Waals surface area contributed by atoms with Gasteiger partial charge in [-0.1, -0.05) is 0 Å². The number of nitrogens with one attached hydrogen (secondary N) is 2. The third-order valence-electron chi connectivity index (χ3n) is 2.71. The van der Waals surface area contributed by atoms with Crippen LogP contribution >= 0.6 is 0 Å². The van der Waals surface area contributed by atoms with Crippen molar-refractivity contribution in [2.45, 2.75) is 32.7 Å². The first-order valence-electron chi connectivity index (χ1n) is 5.80. The van der Waals surface area contributed by atoms with Gasteiger partial charge in [0.1, 0.15) is 6.54 Å². The molecule has 0 aromatic heterocycles. The van der Waals surface area contributed by atoms with Crippen molar-refractivity contribution < 1.29 is 14.3 Å². The molecule has 5 nitrogen and oxygen atoms in total. The highest BCUT2D eigenvalue weighted by molar-refractivity contribution is 5.83. The Bertz CT molecular complexity index is 256. The van der Waals surface area contributed by atoms with Crippen LogP contribution in [0.3, 0.4) is 0 Å². The standard InChI is InChI=1S/C11H20N2O3/c1-3-16-10(14)7-13-11(15)9-4-5-12-8(2)6-9/h8-9,12H,3-7H2,1-2H3,(H,13,15)/t8-,9-/m0/s1. The van der Waals surface area contributed by atoms with Gasteiger partial charge in [0, 0.05) is 12.0 Å². The van der Waals surface area contributed by atoms with Crippen molar-refractivity contribution in [2.75, 3.05) is 19.7 Å². The van der Waals surface area contributed by atoms with Gasteiger partial charge in [-0.3, -0.25) is 9.59 Å². The minimum absolute atomic E-state index is 0.0191. The molecule has 1 amide bonds. The van der Waals surface area contributed by atoms with Gasteiger partial charge < -0.3 is 15.4 Å². The van der Waals surface area contributed by atoms with Gasteiger partial charge in [0.15, 0.2) is 0 Å². The Kier molecular flexibility index (Phi) is 5.25. The van der Waals surface area contributed by atoms with Gasteiger partial charge in [-0.2, -0.15) is 0 Å². The fourth-order valence-corrected chi connectivity index (χ4v) is 1.89. The number of hydrogen-bond donors (Lipinski definition) is 2. The van der Waals surface area contributed by atoms with Crippen LogP contribution < -0.4 is 10.6 Å². The number of hydrogen-bond acceptors (Lipinski definition) is 4. The number of carbonyl (C=O) groups excluding carboxylic acids is 2. The number of ether oxygens (including phenoxy) is 1. The number of amides is 1. The normalized spacial score (nSPS) is 24.9. The summed E-state index contributed by atoms with van der Waals surface area (Å²) < 4.78 is 4.73. The fourth-order valence-electron chi connectivity index (χ4n) is 1.89. The highest BCUT2D eigenvalue weighted by Gasteiger charge is 2.24. The average molecular weight is 228 g/mol. The van der Waals surface area contributed by atoms with Gasteiger partial charge in [0.2, 0.25) is 5.91 Å². The van der Waals surface area contributed by atoms with E-state index in [0.29, 0.717) is 12.6 Å². The lowest BCUT2D eigenvalue weighted by Gasteiger charge is -2.26. The van der Waals surface area contributed by atoms with Crippen LogP contribution in [-0.2, 0) is 14.3 Å². The van der Waals surface area contributed by atoms with Crippen LogP contribution in [0.15, 0.2) is 0 Å². The average Bonchev–Trinajstić information content (AvgIpc) is 2.26. The predicted molar refractivity (Wildman–Crippen MR) is 59.8 cm³/mol. The molecule has 1 aliphatic heterocycles. The van der Waals surface area contributed by atoms with E-state index in [-0.39, 0.29) is 24.3 Å². The molecule has 1 rings (SSSR count). The van der Waals surface area contributed by atoms with E-state index < -0.39 is 0 Å². The lowest BCUT2D eigenvalue weighted by atomic mass is 9.92. The Balaban J connectivity index is 2.26. The molecule has 1 heterocycles. The van der Waals surface area contributed by atoms with Crippen LogP contribution in [0, 0.1) is 5.92 Å². The molecule has 92 valence electrons. The summed E-state index contributed by atoms with van der Waals surface area (Å²) in [5.41, 5.74) is 0. The second kappa shape index (κ2) is 6.48. The van der Waals surface area contributed by atoms with Crippen LogP contribution in [0.2, 0.25) is 0 Å². The van der Waals surface area contributed by atoms with Gasteiger partial charge in [0.25, 0.3) is 0 Å². The monoisotopic (exact) mass is 228 g/mol. The molecule has 1 saturated heterocycles. The predicted octanol–water partition coefficient (Wildman–Crippen LogP) is 0.0538. The van der Waals surface area contributed by atoms with Gasteiger partial charge in [0.05, 0.1) is 6.61 Å². The molecule has 5 heteroatoms. The van der Waals surface area contributed by atoms with E-state index in [9.17, 15) is 9.59 Å². The van der Waals surface area contributed by atoms with Crippen molar-refractivity contribution in [3.05, 3.63) is 0 Å². The highest BCUT2D eigenvalue weighted by atomic mass is 16.5. The Labute approximate surface area is 95.9 Å². The molecule has 0 aliphatic carbocycles. The summed E-state index contributed by atoms with van der Waals surface area (Å²) in [6, 6.07) is 0.368. The zero-order valence-corrected chi connectivity index (χ0v) is 9.91. The van der Waals surface area contributed by atoms with Crippen LogP contribution in [0.5, 0.6) is 0 Å². The maximum Gasteiger partial charge on any atom is 0.325 e. The second-order valence-corrected chi connectivity index (χ2v) is 4.10. The summed E-state index contributed by atoms with van der Waals surface area (Å²) in [5, 5.41) is 5.90. The van der Waals surface area contributed by atoms with Crippen LogP contribution in [0.25, 0.3) is 0 Å². The number of esters is 1. The molecule has 0 unspecified atom stereocenters. The van der Waals surface area contributed by atoms with Crippen LogP contribution in [-0.4, -0.2) is 37.6 Å². The SMILES string of the molecule is CCOC(=O)CNC(=O)[C@H]1CCN[C@@H](C)C1. The molecule has 0 aromatic rings. The number of rotatable bonds is 4. The minimum atomic E-state index is -0.377.